The summed E-state index contributed by atoms with van der Waals surface area (Å²) in [4.78, 5) is 0. The molecule has 0 atom stereocenters. The summed E-state index contributed by atoms with van der Waals surface area (Å²) in [5.41, 5.74) is 0. The zero-order chi connectivity index (χ0) is 7.11. The predicted octanol–water partition coefficient (Wildman–Crippen LogP) is 2.40. The molecule has 0 fully saturated rings. The van der Waals surface area contributed by atoms with Crippen LogP contribution in [0, 0.1) is 6.92 Å². The van der Waals surface area contributed by atoms with E-state index >= 15 is 0 Å². The smallest absolute Gasteiger partial charge is 0.133 e. The van der Waals surface area contributed by atoms with Crippen LogP contribution in [0.5, 0.6) is 0 Å². The first kappa shape index (κ1) is 8.21. The minimum absolute atomic E-state index is 0.856. The maximum absolute atomic E-state index is 4.58. The van der Waals surface area contributed by atoms with Crippen LogP contribution < -0.4 is 0 Å². The highest BCUT2D eigenvalue weighted by Crippen LogP contribution is 1.88. The number of nitrogens with zero attached hydrogens (tertiary/aromatic N) is 1. The molecule has 1 heterocycles. The van der Waals surface area contributed by atoms with E-state index in [-0.39, 0.29) is 0 Å². The van der Waals surface area contributed by atoms with Crippen LogP contribution in [-0.2, 0) is 0 Å². The van der Waals surface area contributed by atoms with E-state index in [1.807, 2.05) is 6.92 Å². The van der Waals surface area contributed by atoms with E-state index in [1.54, 1.807) is 12.3 Å². The number of hydrogen-bond acceptors (Lipinski definition) is 2. The first-order valence-electron chi connectivity index (χ1n) is 3.18. The maximum Gasteiger partial charge on any atom is 0.133 e. The van der Waals surface area contributed by atoms with Crippen molar-refractivity contribution in [3.05, 3.63) is 18.0 Å². The van der Waals surface area contributed by atoms with Crippen molar-refractivity contribution in [2.24, 2.45) is 0 Å². The minimum atomic E-state index is 0.856. The molecule has 0 unspecified atom stereocenters. The van der Waals surface area contributed by atoms with Crippen LogP contribution in [0.4, 0.5) is 0 Å². The van der Waals surface area contributed by atoms with Crippen LogP contribution in [0.25, 0.3) is 0 Å². The highest BCUT2D eigenvalue weighted by Gasteiger charge is 1.78. The molecule has 0 amide bonds. The zero-order valence-electron chi connectivity index (χ0n) is 6.22. The average Bonchev–Trinajstić information content (AvgIpc) is 2.20. The molecule has 2 nitrogen and oxygen atoms in total. The Bertz CT molecular complexity index is 123. The van der Waals surface area contributed by atoms with Gasteiger partial charge in [0.2, 0.25) is 0 Å². The monoisotopic (exact) mass is 127 g/mol. The van der Waals surface area contributed by atoms with Crippen LogP contribution in [0.3, 0.4) is 0 Å². The highest BCUT2D eigenvalue weighted by molar-refractivity contribution is 4.87. The third kappa shape index (κ3) is 5.07. The van der Waals surface area contributed by atoms with E-state index in [2.05, 4.69) is 23.5 Å². The van der Waals surface area contributed by atoms with E-state index in [0.29, 0.717) is 0 Å². The summed E-state index contributed by atoms with van der Waals surface area (Å²) in [6.07, 6.45) is 2.87. The third-order valence-electron chi connectivity index (χ3n) is 0.567. The second-order valence-corrected chi connectivity index (χ2v) is 1.83. The number of aryl methyl sites for hydroxylation is 1. The second-order valence-electron chi connectivity index (χ2n) is 1.83. The van der Waals surface area contributed by atoms with Gasteiger partial charge in [-0.05, 0) is 6.92 Å². The molecule has 2 heteroatoms. The molecule has 1 aromatic heterocycles. The van der Waals surface area contributed by atoms with Gasteiger partial charge in [0.1, 0.15) is 5.76 Å². The predicted molar refractivity (Wildman–Crippen MR) is 37.2 cm³/mol. The van der Waals surface area contributed by atoms with Gasteiger partial charge in [0, 0.05) is 6.07 Å². The molecule has 52 valence electrons. The van der Waals surface area contributed by atoms with Crippen molar-refractivity contribution in [2.45, 2.75) is 27.2 Å². The van der Waals surface area contributed by atoms with Gasteiger partial charge in [-0.3, -0.25) is 0 Å². The summed E-state index contributed by atoms with van der Waals surface area (Å²) in [6, 6.07) is 1.81. The molecular formula is C7H13NO. The van der Waals surface area contributed by atoms with E-state index in [1.165, 1.54) is 6.42 Å². The Morgan fingerprint density at radius 2 is 2.11 bits per heavy atom. The second kappa shape index (κ2) is 5.35. The quantitative estimate of drug-likeness (QED) is 0.534. The van der Waals surface area contributed by atoms with E-state index in [0.717, 1.165) is 5.76 Å². The van der Waals surface area contributed by atoms with Crippen LogP contribution in [0.15, 0.2) is 16.8 Å². The molecule has 0 aromatic carbocycles. The molecule has 0 aliphatic rings. The molecule has 0 bridgehead atoms. The van der Waals surface area contributed by atoms with Crippen LogP contribution >= 0.6 is 0 Å². The Balaban J connectivity index is 0.000000187. The van der Waals surface area contributed by atoms with Crippen LogP contribution in [-0.4, -0.2) is 5.16 Å². The summed E-state index contributed by atoms with van der Waals surface area (Å²) >= 11 is 0. The average molecular weight is 127 g/mol. The molecule has 0 aliphatic carbocycles. The van der Waals surface area contributed by atoms with E-state index < -0.39 is 0 Å². The topological polar surface area (TPSA) is 26.0 Å². The van der Waals surface area contributed by atoms with Crippen molar-refractivity contribution < 1.29 is 4.52 Å². The van der Waals surface area contributed by atoms with Gasteiger partial charge in [-0.2, -0.15) is 0 Å². The molecule has 1 aromatic rings. The maximum atomic E-state index is 4.58. The van der Waals surface area contributed by atoms with Gasteiger partial charge < -0.3 is 4.52 Å². The summed E-state index contributed by atoms with van der Waals surface area (Å²) < 4.78 is 4.58. The van der Waals surface area contributed by atoms with Gasteiger partial charge in [-0.25, -0.2) is 0 Å². The zero-order valence-corrected chi connectivity index (χ0v) is 6.22. The number of rotatable bonds is 0. The van der Waals surface area contributed by atoms with Crippen molar-refractivity contribution in [3.8, 4) is 0 Å². The van der Waals surface area contributed by atoms with Gasteiger partial charge in [-0.1, -0.05) is 25.4 Å². The molecule has 0 spiro atoms. The lowest BCUT2D eigenvalue weighted by Gasteiger charge is -1.65. The number of aromatic nitrogens is 1. The van der Waals surface area contributed by atoms with Gasteiger partial charge >= 0.3 is 0 Å². The molecule has 0 saturated heterocycles. The molecule has 0 saturated carbocycles. The Morgan fingerprint density at radius 3 is 2.22 bits per heavy atom. The van der Waals surface area contributed by atoms with Gasteiger partial charge in [0.25, 0.3) is 0 Å². The minimum Gasteiger partial charge on any atom is -0.362 e. The summed E-state index contributed by atoms with van der Waals surface area (Å²) in [5, 5.41) is 3.45. The normalized spacial score (nSPS) is 7.89. The fraction of sp³-hybridized carbons (Fsp3) is 0.571. The Labute approximate surface area is 55.9 Å². The van der Waals surface area contributed by atoms with Gasteiger partial charge in [0.15, 0.2) is 0 Å². The van der Waals surface area contributed by atoms with Crippen molar-refractivity contribution in [3.63, 3.8) is 0 Å². The first-order valence-corrected chi connectivity index (χ1v) is 3.18. The number of hydrogen-bond donors (Lipinski definition) is 0. The SMILES string of the molecule is CCC.Cc1ccno1. The lowest BCUT2D eigenvalue weighted by molar-refractivity contribution is 0.397. The molecule has 0 N–H and O–H groups in total. The molecular weight excluding hydrogens is 114 g/mol. The Hall–Kier alpha value is -0.790. The molecule has 0 radical (unpaired) electrons. The fourth-order valence-electron chi connectivity index (χ4n) is 0.279. The third-order valence-corrected chi connectivity index (χ3v) is 0.567. The first-order chi connectivity index (χ1) is 4.31. The van der Waals surface area contributed by atoms with E-state index in [9.17, 15) is 0 Å². The summed E-state index contributed by atoms with van der Waals surface area (Å²) in [5.74, 6) is 0.856. The van der Waals surface area contributed by atoms with Gasteiger partial charge in [0.05, 0.1) is 6.20 Å². The van der Waals surface area contributed by atoms with Crippen molar-refractivity contribution in [1.29, 1.82) is 0 Å². The van der Waals surface area contributed by atoms with Gasteiger partial charge in [-0.15, -0.1) is 0 Å². The van der Waals surface area contributed by atoms with E-state index in [4.69, 9.17) is 0 Å². The summed E-state index contributed by atoms with van der Waals surface area (Å²) in [7, 11) is 0. The van der Waals surface area contributed by atoms with Crippen molar-refractivity contribution in [2.75, 3.05) is 0 Å². The standard InChI is InChI=1S/C4H5NO.C3H8/c1-4-2-3-5-6-4;1-3-2/h2-3H,1H3;3H2,1-2H3. The molecule has 9 heavy (non-hydrogen) atoms. The van der Waals surface area contributed by atoms with Crippen molar-refractivity contribution in [1.82, 2.24) is 5.16 Å². The summed E-state index contributed by atoms with van der Waals surface area (Å²) in [6.45, 7) is 6.10. The van der Waals surface area contributed by atoms with Crippen LogP contribution in [0.2, 0.25) is 0 Å². The largest absolute Gasteiger partial charge is 0.362 e. The fourth-order valence-corrected chi connectivity index (χ4v) is 0.279. The Kier molecular flexibility index (Phi) is 4.88. The highest BCUT2D eigenvalue weighted by atomic mass is 16.5. The van der Waals surface area contributed by atoms with Crippen molar-refractivity contribution >= 4 is 0 Å². The lowest BCUT2D eigenvalue weighted by Crippen LogP contribution is -1.50. The molecule has 0 aliphatic heterocycles. The molecule has 1 rings (SSSR count). The Morgan fingerprint density at radius 1 is 1.56 bits per heavy atom. The van der Waals surface area contributed by atoms with Crippen LogP contribution in [0.1, 0.15) is 26.0 Å². The lowest BCUT2D eigenvalue weighted by atomic mass is 10.5.